The molecular weight excluding hydrogens is 288 g/mol. The minimum atomic E-state index is 0.160. The van der Waals surface area contributed by atoms with Crippen molar-refractivity contribution in [3.8, 4) is 5.75 Å². The van der Waals surface area contributed by atoms with E-state index in [1.54, 1.807) is 0 Å². The number of anilines is 2. The summed E-state index contributed by atoms with van der Waals surface area (Å²) in [5, 5.41) is 12.4. The smallest absolute Gasteiger partial charge is 0.119 e. The fourth-order valence-corrected chi connectivity index (χ4v) is 2.28. The zero-order chi connectivity index (χ0) is 16.7. The van der Waals surface area contributed by atoms with Gasteiger partial charge in [0.15, 0.2) is 0 Å². The van der Waals surface area contributed by atoms with E-state index < -0.39 is 0 Å². The summed E-state index contributed by atoms with van der Waals surface area (Å²) < 4.78 is 5.64. The fourth-order valence-electron chi connectivity index (χ4n) is 2.28. The second kappa shape index (κ2) is 8.44. The summed E-state index contributed by atoms with van der Waals surface area (Å²) in [6.07, 6.45) is 0.196. The Bertz CT molecular complexity index is 579. The molecule has 124 valence electrons. The Morgan fingerprint density at radius 1 is 1.04 bits per heavy atom. The Balaban J connectivity index is 1.88. The van der Waals surface area contributed by atoms with E-state index in [2.05, 4.69) is 41.7 Å². The van der Waals surface area contributed by atoms with Crippen molar-refractivity contribution in [2.75, 3.05) is 30.4 Å². The Labute approximate surface area is 138 Å². The molecule has 2 aromatic rings. The molecule has 0 aliphatic carbocycles. The number of aliphatic hydroxyl groups excluding tert-OH is 1. The lowest BCUT2D eigenvalue weighted by atomic mass is 10.2. The molecule has 4 nitrogen and oxygen atoms in total. The van der Waals surface area contributed by atoms with Crippen LogP contribution in [0.1, 0.15) is 19.4 Å². The van der Waals surface area contributed by atoms with E-state index in [4.69, 9.17) is 9.84 Å². The standard InChI is InChI=1S/C19H26N2O2/c1-15(2)23-19-10-4-16(5-11-19)14-20-17-6-8-18(9-7-17)21(3)12-13-22/h4-11,15,20,22H,12-14H2,1-3H3. The van der Waals surface area contributed by atoms with Crippen LogP contribution in [-0.2, 0) is 6.54 Å². The maximum absolute atomic E-state index is 8.97. The first kappa shape index (κ1) is 17.2. The molecule has 0 fully saturated rings. The van der Waals surface area contributed by atoms with Crippen LogP contribution in [0.25, 0.3) is 0 Å². The normalized spacial score (nSPS) is 10.7. The first-order valence-electron chi connectivity index (χ1n) is 8.00. The van der Waals surface area contributed by atoms with Gasteiger partial charge in [0.2, 0.25) is 0 Å². The Morgan fingerprint density at radius 2 is 1.70 bits per heavy atom. The lowest BCUT2D eigenvalue weighted by Gasteiger charge is -2.18. The topological polar surface area (TPSA) is 44.7 Å². The number of hydrogen-bond donors (Lipinski definition) is 2. The monoisotopic (exact) mass is 314 g/mol. The fraction of sp³-hybridized carbons (Fsp3) is 0.368. The Kier molecular flexibility index (Phi) is 6.29. The van der Waals surface area contributed by atoms with Gasteiger partial charge in [-0.05, 0) is 55.8 Å². The van der Waals surface area contributed by atoms with E-state index in [-0.39, 0.29) is 12.7 Å². The summed E-state index contributed by atoms with van der Waals surface area (Å²) >= 11 is 0. The van der Waals surface area contributed by atoms with Gasteiger partial charge in [-0.1, -0.05) is 12.1 Å². The average Bonchev–Trinajstić information content (AvgIpc) is 2.54. The molecule has 4 heteroatoms. The molecule has 23 heavy (non-hydrogen) atoms. The van der Waals surface area contributed by atoms with E-state index in [1.807, 2.05) is 37.9 Å². The number of hydrogen-bond acceptors (Lipinski definition) is 4. The van der Waals surface area contributed by atoms with Gasteiger partial charge in [0.25, 0.3) is 0 Å². The Hall–Kier alpha value is -2.20. The number of likely N-dealkylation sites (N-methyl/N-ethyl adjacent to an activating group) is 1. The molecule has 0 heterocycles. The van der Waals surface area contributed by atoms with Crippen molar-refractivity contribution in [1.82, 2.24) is 0 Å². The molecule has 0 saturated carbocycles. The molecule has 0 spiro atoms. The van der Waals surface area contributed by atoms with Gasteiger partial charge in [-0.2, -0.15) is 0 Å². The summed E-state index contributed by atoms with van der Waals surface area (Å²) in [5.74, 6) is 0.903. The second-order valence-electron chi connectivity index (χ2n) is 5.86. The molecule has 0 aliphatic heterocycles. The SMILES string of the molecule is CC(C)Oc1ccc(CNc2ccc(N(C)CCO)cc2)cc1. The third kappa shape index (κ3) is 5.49. The van der Waals surface area contributed by atoms with Crippen LogP contribution in [0, 0.1) is 0 Å². The molecule has 0 amide bonds. The zero-order valence-corrected chi connectivity index (χ0v) is 14.1. The van der Waals surface area contributed by atoms with E-state index in [0.717, 1.165) is 23.7 Å². The predicted molar refractivity (Wildman–Crippen MR) is 96.3 cm³/mol. The van der Waals surface area contributed by atoms with Crippen LogP contribution in [0.3, 0.4) is 0 Å². The van der Waals surface area contributed by atoms with E-state index in [0.29, 0.717) is 6.54 Å². The van der Waals surface area contributed by atoms with Crippen molar-refractivity contribution < 1.29 is 9.84 Å². The molecule has 0 unspecified atom stereocenters. The van der Waals surface area contributed by atoms with Crippen molar-refractivity contribution >= 4 is 11.4 Å². The van der Waals surface area contributed by atoms with Gasteiger partial charge < -0.3 is 20.1 Å². The number of rotatable bonds is 8. The first-order valence-corrected chi connectivity index (χ1v) is 8.00. The highest BCUT2D eigenvalue weighted by Gasteiger charge is 2.01. The Morgan fingerprint density at radius 3 is 2.26 bits per heavy atom. The number of ether oxygens (including phenoxy) is 1. The zero-order valence-electron chi connectivity index (χ0n) is 14.1. The first-order chi connectivity index (χ1) is 11.1. The van der Waals surface area contributed by atoms with Crippen molar-refractivity contribution in [3.05, 3.63) is 54.1 Å². The average molecular weight is 314 g/mol. The number of nitrogens with zero attached hydrogens (tertiary/aromatic N) is 1. The van der Waals surface area contributed by atoms with E-state index >= 15 is 0 Å². The molecule has 2 rings (SSSR count). The van der Waals surface area contributed by atoms with Crippen LogP contribution in [0.4, 0.5) is 11.4 Å². The molecule has 2 aromatic carbocycles. The van der Waals surface area contributed by atoms with Crippen molar-refractivity contribution in [2.24, 2.45) is 0 Å². The van der Waals surface area contributed by atoms with Crippen LogP contribution < -0.4 is 15.0 Å². The summed E-state index contributed by atoms with van der Waals surface area (Å²) in [6.45, 7) is 5.62. The number of benzene rings is 2. The lowest BCUT2D eigenvalue weighted by Crippen LogP contribution is -2.20. The molecule has 0 saturated heterocycles. The van der Waals surface area contributed by atoms with Crippen LogP contribution in [0.2, 0.25) is 0 Å². The molecular formula is C19H26N2O2. The van der Waals surface area contributed by atoms with Gasteiger partial charge in [-0.3, -0.25) is 0 Å². The third-order valence-corrected chi connectivity index (χ3v) is 3.54. The van der Waals surface area contributed by atoms with Crippen LogP contribution in [0.5, 0.6) is 5.75 Å². The van der Waals surface area contributed by atoms with Gasteiger partial charge in [0.1, 0.15) is 5.75 Å². The largest absolute Gasteiger partial charge is 0.491 e. The minimum absolute atomic E-state index is 0.160. The number of aliphatic hydroxyl groups is 1. The predicted octanol–water partition coefficient (Wildman–Crippen LogP) is 3.51. The van der Waals surface area contributed by atoms with Crippen molar-refractivity contribution in [3.63, 3.8) is 0 Å². The highest BCUT2D eigenvalue weighted by molar-refractivity contribution is 5.55. The molecule has 0 atom stereocenters. The maximum atomic E-state index is 8.97. The van der Waals surface area contributed by atoms with Gasteiger partial charge >= 0.3 is 0 Å². The van der Waals surface area contributed by atoms with Crippen LogP contribution >= 0.6 is 0 Å². The molecule has 0 bridgehead atoms. The van der Waals surface area contributed by atoms with Gasteiger partial charge in [-0.15, -0.1) is 0 Å². The van der Waals surface area contributed by atoms with Crippen LogP contribution in [0.15, 0.2) is 48.5 Å². The second-order valence-corrected chi connectivity index (χ2v) is 5.86. The summed E-state index contributed by atoms with van der Waals surface area (Å²) in [6, 6.07) is 16.4. The van der Waals surface area contributed by atoms with Crippen LogP contribution in [-0.4, -0.2) is 31.4 Å². The van der Waals surface area contributed by atoms with Crippen molar-refractivity contribution in [2.45, 2.75) is 26.5 Å². The maximum Gasteiger partial charge on any atom is 0.119 e. The van der Waals surface area contributed by atoms with Gasteiger partial charge in [-0.25, -0.2) is 0 Å². The minimum Gasteiger partial charge on any atom is -0.491 e. The molecule has 2 N–H and O–H groups in total. The van der Waals surface area contributed by atoms with E-state index in [9.17, 15) is 0 Å². The summed E-state index contributed by atoms with van der Waals surface area (Å²) in [7, 11) is 1.97. The summed E-state index contributed by atoms with van der Waals surface area (Å²) in [4.78, 5) is 2.03. The third-order valence-electron chi connectivity index (χ3n) is 3.54. The molecule has 0 aromatic heterocycles. The summed E-state index contributed by atoms with van der Waals surface area (Å²) in [5.41, 5.74) is 3.39. The lowest BCUT2D eigenvalue weighted by molar-refractivity contribution is 0.242. The molecule has 0 radical (unpaired) electrons. The van der Waals surface area contributed by atoms with Crippen molar-refractivity contribution in [1.29, 1.82) is 0 Å². The quantitative estimate of drug-likeness (QED) is 0.782. The number of nitrogens with one attached hydrogen (secondary N) is 1. The molecule has 0 aliphatic rings. The highest BCUT2D eigenvalue weighted by atomic mass is 16.5. The van der Waals surface area contributed by atoms with E-state index in [1.165, 1.54) is 5.56 Å². The highest BCUT2D eigenvalue weighted by Crippen LogP contribution is 2.18. The van der Waals surface area contributed by atoms with Gasteiger partial charge in [0, 0.05) is 31.5 Å². The van der Waals surface area contributed by atoms with Gasteiger partial charge in [0.05, 0.1) is 12.7 Å².